The van der Waals surface area contributed by atoms with Crippen LogP contribution in [0.1, 0.15) is 62.3 Å². The van der Waals surface area contributed by atoms with E-state index in [2.05, 4.69) is 184 Å². The molecular weight excluding hydrogens is 474 g/mol. The Balaban J connectivity index is 0.000000263. The fourth-order valence-corrected chi connectivity index (χ4v) is 13.2. The lowest BCUT2D eigenvalue weighted by Gasteiger charge is -2.49. The highest BCUT2D eigenvalue weighted by Gasteiger charge is 2.41. The molecule has 0 fully saturated rings. The molecule has 0 aliphatic carbocycles. The summed E-state index contributed by atoms with van der Waals surface area (Å²) in [4.78, 5) is 0. The number of hydrogen-bond acceptors (Lipinski definition) is 0. The Morgan fingerprint density at radius 3 is 0.658 bits per heavy atom. The van der Waals surface area contributed by atoms with Crippen LogP contribution >= 0.6 is 7.92 Å². The van der Waals surface area contributed by atoms with E-state index in [1.165, 1.54) is 21.9 Å². The Labute approximate surface area is 234 Å². The Hall–Kier alpha value is -2.63. The minimum Gasteiger partial charge on any atom is -0.195 e. The third kappa shape index (κ3) is 6.87. The van der Waals surface area contributed by atoms with Gasteiger partial charge in [-0.25, -0.2) is 0 Å². The van der Waals surface area contributed by atoms with Gasteiger partial charge in [-0.05, 0) is 15.5 Å². The average molecular weight is 522 g/mol. The zero-order valence-corrected chi connectivity index (χ0v) is 26.0. The molecule has 4 aromatic carbocycles. The molecule has 0 aromatic heterocycles. The first-order chi connectivity index (χ1) is 17.8. The maximum absolute atomic E-state index is 2.38. The molecule has 0 saturated heterocycles. The van der Waals surface area contributed by atoms with Gasteiger partial charge in [0.2, 0.25) is 0 Å². The van der Waals surface area contributed by atoms with E-state index in [1.54, 1.807) is 0 Å². The predicted octanol–water partition coefficient (Wildman–Crippen LogP) is 7.93. The van der Waals surface area contributed by atoms with Crippen LogP contribution in [0.3, 0.4) is 0 Å². The molecule has 0 bridgehead atoms. The van der Waals surface area contributed by atoms with E-state index >= 15 is 0 Å². The lowest BCUT2D eigenvalue weighted by atomic mass is 9.13. The summed E-state index contributed by atoms with van der Waals surface area (Å²) >= 11 is 0. The molecule has 0 unspecified atom stereocenters. The Kier molecular flexibility index (Phi) is 9.49. The molecule has 0 atom stereocenters. The summed E-state index contributed by atoms with van der Waals surface area (Å²) in [5, 5.41) is 1.35. The van der Waals surface area contributed by atoms with E-state index < -0.39 is 6.15 Å². The van der Waals surface area contributed by atoms with Crippen LogP contribution in [-0.2, 0) is 0 Å². The van der Waals surface area contributed by atoms with Crippen LogP contribution < -0.4 is 21.9 Å². The molecule has 0 aliphatic heterocycles. The van der Waals surface area contributed by atoms with E-state index in [1.807, 2.05) is 0 Å². The van der Waals surface area contributed by atoms with Gasteiger partial charge in [-0.15, -0.1) is 0 Å². The number of rotatable bonds is 4. The largest absolute Gasteiger partial charge is 0.195 e. The van der Waals surface area contributed by atoms with Crippen LogP contribution in [0.15, 0.2) is 121 Å². The van der Waals surface area contributed by atoms with Crippen molar-refractivity contribution in [3.05, 3.63) is 121 Å². The highest BCUT2D eigenvalue weighted by atomic mass is 31.1. The summed E-state index contributed by atoms with van der Waals surface area (Å²) in [6, 6.07) is 43.5. The topological polar surface area (TPSA) is 0 Å². The van der Waals surface area contributed by atoms with E-state index in [-0.39, 0.29) is 7.92 Å². The van der Waals surface area contributed by atoms with E-state index in [9.17, 15) is 0 Å². The van der Waals surface area contributed by atoms with E-state index in [4.69, 9.17) is 0 Å². The van der Waals surface area contributed by atoms with Crippen molar-refractivity contribution in [2.45, 2.75) is 77.8 Å². The molecule has 0 heterocycles. The van der Waals surface area contributed by atoms with Crippen molar-refractivity contribution >= 4 is 35.9 Å². The van der Waals surface area contributed by atoms with Crippen LogP contribution in [0.2, 0.25) is 0 Å². The standard InChI is InChI=1S/C24H20B.C12H27P/c1-5-13-21(14-6-1)25(22-15-7-2-8-16-22,23-17-9-3-10-18-23)24-19-11-4-12-20-24;1-10(2,3)13(11(4,5)6)12(7,8)9/h1-20H;1-9H3/q-1;. The number of benzene rings is 4. The fourth-order valence-electron chi connectivity index (χ4n) is 7.14. The molecule has 0 aliphatic rings. The second kappa shape index (κ2) is 12.0. The summed E-state index contributed by atoms with van der Waals surface area (Å²) in [5.74, 6) is 0. The Bertz CT molecular complexity index is 1030. The zero-order chi connectivity index (χ0) is 28.0. The van der Waals surface area contributed by atoms with Crippen molar-refractivity contribution < 1.29 is 0 Å². The van der Waals surface area contributed by atoms with Crippen LogP contribution in [-0.4, -0.2) is 21.6 Å². The van der Waals surface area contributed by atoms with Crippen LogP contribution in [0.5, 0.6) is 0 Å². The summed E-state index contributed by atoms with van der Waals surface area (Å²) in [7, 11) is 0.0162. The minimum atomic E-state index is -1.22. The molecule has 38 heavy (non-hydrogen) atoms. The molecule has 0 spiro atoms. The molecule has 0 nitrogen and oxygen atoms in total. The molecule has 0 radical (unpaired) electrons. The maximum atomic E-state index is 2.38. The van der Waals surface area contributed by atoms with Gasteiger partial charge in [0.15, 0.2) is 0 Å². The highest BCUT2D eigenvalue weighted by Crippen LogP contribution is 2.66. The lowest BCUT2D eigenvalue weighted by Crippen LogP contribution is -2.74. The number of hydrogen-bond donors (Lipinski definition) is 0. The van der Waals surface area contributed by atoms with Gasteiger partial charge in [0.25, 0.3) is 0 Å². The Morgan fingerprint density at radius 1 is 0.342 bits per heavy atom. The SMILES string of the molecule is CC(C)(C)P(C(C)(C)C)C(C)(C)C.c1ccc([B-](c2ccccc2)(c2ccccc2)c2ccccc2)cc1. The summed E-state index contributed by atoms with van der Waals surface area (Å²) in [5.41, 5.74) is 5.36. The van der Waals surface area contributed by atoms with Gasteiger partial charge in [0, 0.05) is 0 Å². The van der Waals surface area contributed by atoms with Gasteiger partial charge in [-0.1, -0.05) is 192 Å². The first kappa shape index (κ1) is 29.9. The Morgan fingerprint density at radius 2 is 0.526 bits per heavy atom. The van der Waals surface area contributed by atoms with Crippen molar-refractivity contribution in [2.75, 3.05) is 0 Å². The summed E-state index contributed by atoms with van der Waals surface area (Å²) < 4.78 is 0. The minimum absolute atomic E-state index is 0.0162. The lowest BCUT2D eigenvalue weighted by molar-refractivity contribution is 0.644. The maximum Gasteiger partial charge on any atom is 0.108 e. The molecule has 2 heteroatoms. The van der Waals surface area contributed by atoms with Crippen molar-refractivity contribution in [2.24, 2.45) is 0 Å². The van der Waals surface area contributed by atoms with Gasteiger partial charge in [-0.2, -0.15) is 21.9 Å². The molecular formula is C36H47BP-. The second-order valence-electron chi connectivity index (χ2n) is 13.4. The fraction of sp³-hybridized carbons (Fsp3) is 0.333. The third-order valence-electron chi connectivity index (χ3n) is 7.21. The van der Waals surface area contributed by atoms with E-state index in [0.29, 0.717) is 15.5 Å². The van der Waals surface area contributed by atoms with Gasteiger partial charge in [-0.3, -0.25) is 0 Å². The third-order valence-corrected chi connectivity index (χ3v) is 11.2. The monoisotopic (exact) mass is 521 g/mol. The molecule has 0 amide bonds. The van der Waals surface area contributed by atoms with Crippen LogP contribution in [0.25, 0.3) is 0 Å². The summed E-state index contributed by atoms with van der Waals surface area (Å²) in [6.45, 7) is 21.5. The quantitative estimate of drug-likeness (QED) is 0.189. The predicted molar refractivity (Wildman–Crippen MR) is 176 cm³/mol. The highest BCUT2D eigenvalue weighted by molar-refractivity contribution is 7.62. The first-order valence-electron chi connectivity index (χ1n) is 14.0. The van der Waals surface area contributed by atoms with Gasteiger partial charge < -0.3 is 0 Å². The average Bonchev–Trinajstić information content (AvgIpc) is 2.85. The first-order valence-corrected chi connectivity index (χ1v) is 15.3. The van der Waals surface area contributed by atoms with Crippen molar-refractivity contribution in [3.63, 3.8) is 0 Å². The molecule has 0 N–H and O–H groups in total. The normalized spacial score (nSPS) is 12.6. The van der Waals surface area contributed by atoms with Crippen LogP contribution in [0.4, 0.5) is 0 Å². The van der Waals surface area contributed by atoms with Crippen molar-refractivity contribution in [1.82, 2.24) is 0 Å². The van der Waals surface area contributed by atoms with Gasteiger partial charge in [0.1, 0.15) is 6.15 Å². The molecule has 200 valence electrons. The van der Waals surface area contributed by atoms with Crippen molar-refractivity contribution in [3.8, 4) is 0 Å². The van der Waals surface area contributed by atoms with E-state index in [0.717, 1.165) is 0 Å². The molecule has 0 saturated carbocycles. The second-order valence-corrected chi connectivity index (χ2v) is 18.1. The smallest absolute Gasteiger partial charge is 0.108 e. The van der Waals surface area contributed by atoms with Gasteiger partial charge >= 0.3 is 0 Å². The van der Waals surface area contributed by atoms with Gasteiger partial charge in [0.05, 0.1) is 0 Å². The summed E-state index contributed by atoms with van der Waals surface area (Å²) in [6.07, 6.45) is -1.22. The van der Waals surface area contributed by atoms with Crippen LogP contribution in [0, 0.1) is 0 Å². The zero-order valence-electron chi connectivity index (χ0n) is 25.1. The molecule has 4 aromatic rings. The molecule has 4 rings (SSSR count). The van der Waals surface area contributed by atoms with Crippen molar-refractivity contribution in [1.29, 1.82) is 0 Å².